The molecule has 192 valence electrons. The minimum Gasteiger partial charge on any atom is -0.497 e. The molecule has 0 saturated carbocycles. The van der Waals surface area contributed by atoms with Crippen LogP contribution in [0.2, 0.25) is 0 Å². The highest BCUT2D eigenvalue weighted by atomic mass is 19.1. The number of nitrogens with one attached hydrogen (secondary N) is 1. The summed E-state index contributed by atoms with van der Waals surface area (Å²) in [7, 11) is 1.57. The summed E-state index contributed by atoms with van der Waals surface area (Å²) in [6.45, 7) is 0. The molecule has 1 N–H and O–H groups in total. The Kier molecular flexibility index (Phi) is 7.35. The van der Waals surface area contributed by atoms with Crippen molar-refractivity contribution in [3.05, 3.63) is 115 Å². The van der Waals surface area contributed by atoms with E-state index in [9.17, 15) is 14.0 Å². The topological polar surface area (TPSA) is 67.9 Å². The lowest BCUT2D eigenvalue weighted by molar-refractivity contribution is -0.125. The maximum absolute atomic E-state index is 13.8. The van der Waals surface area contributed by atoms with Gasteiger partial charge < -0.3 is 19.7 Å². The van der Waals surface area contributed by atoms with E-state index in [2.05, 4.69) is 5.32 Å². The number of nitrogens with zero attached hydrogens (tertiary/aromatic N) is 1. The van der Waals surface area contributed by atoms with Crippen LogP contribution in [0.5, 0.6) is 17.2 Å². The molecule has 0 unspecified atom stereocenters. The smallest absolute Gasteiger partial charge is 0.229 e. The lowest BCUT2D eigenvalue weighted by Gasteiger charge is -2.41. The van der Waals surface area contributed by atoms with Gasteiger partial charge in [-0.1, -0.05) is 30.3 Å². The normalized spacial score (nSPS) is 17.1. The quantitative estimate of drug-likeness (QED) is 0.299. The maximum atomic E-state index is 13.8. The first-order valence-corrected chi connectivity index (χ1v) is 12.4. The van der Waals surface area contributed by atoms with Crippen LogP contribution in [-0.2, 0) is 9.59 Å². The molecule has 2 atom stereocenters. The van der Waals surface area contributed by atoms with Crippen LogP contribution >= 0.6 is 0 Å². The average Bonchev–Trinajstić information content (AvgIpc) is 2.95. The lowest BCUT2D eigenvalue weighted by Crippen LogP contribution is -2.47. The molecule has 1 heterocycles. The van der Waals surface area contributed by atoms with Gasteiger partial charge in [0.25, 0.3) is 0 Å². The number of amides is 2. The molecule has 2 amide bonds. The summed E-state index contributed by atoms with van der Waals surface area (Å²) in [5, 5.41) is 2.99. The number of halogens is 1. The van der Waals surface area contributed by atoms with E-state index in [0.717, 1.165) is 5.75 Å². The standard InChI is InChI=1S/C31H27FN2O4/c1-37-25-17-13-24(14-18-25)34-29(35)20-19-28(30(34)21-7-9-22(32)10-8-21)31(36)33-23-11-15-27(16-12-23)38-26-5-3-2-4-6-26/h2-18,28,30H,19-20H2,1H3,(H,33,36)/t28-,30+/m0/s1. The van der Waals surface area contributed by atoms with Crippen molar-refractivity contribution in [2.75, 3.05) is 17.3 Å². The third kappa shape index (κ3) is 5.52. The molecule has 6 nitrogen and oxygen atoms in total. The van der Waals surface area contributed by atoms with Crippen molar-refractivity contribution in [1.82, 2.24) is 0 Å². The Hall–Kier alpha value is -4.65. The van der Waals surface area contributed by atoms with Gasteiger partial charge in [0.15, 0.2) is 0 Å². The Labute approximate surface area is 220 Å². The maximum Gasteiger partial charge on any atom is 0.229 e. The van der Waals surface area contributed by atoms with E-state index in [1.54, 1.807) is 72.7 Å². The third-order valence-corrected chi connectivity index (χ3v) is 6.60. The predicted octanol–water partition coefficient (Wildman–Crippen LogP) is 6.75. The Morgan fingerprint density at radius 1 is 0.842 bits per heavy atom. The average molecular weight is 511 g/mol. The van der Waals surface area contributed by atoms with Gasteiger partial charge in [0, 0.05) is 17.8 Å². The van der Waals surface area contributed by atoms with E-state index < -0.39 is 12.0 Å². The van der Waals surface area contributed by atoms with E-state index >= 15 is 0 Å². The van der Waals surface area contributed by atoms with Gasteiger partial charge in [-0.25, -0.2) is 4.39 Å². The largest absolute Gasteiger partial charge is 0.497 e. The number of ether oxygens (including phenoxy) is 2. The predicted molar refractivity (Wildman–Crippen MR) is 144 cm³/mol. The Bertz CT molecular complexity index is 1390. The molecular formula is C31H27FN2O4. The van der Waals surface area contributed by atoms with Crippen molar-refractivity contribution in [2.24, 2.45) is 5.92 Å². The Balaban J connectivity index is 1.40. The fraction of sp³-hybridized carbons (Fsp3) is 0.161. The number of hydrogen-bond acceptors (Lipinski definition) is 4. The van der Waals surface area contributed by atoms with Gasteiger partial charge in [-0.2, -0.15) is 0 Å². The van der Waals surface area contributed by atoms with Crippen LogP contribution in [0.4, 0.5) is 15.8 Å². The number of rotatable bonds is 7. The van der Waals surface area contributed by atoms with E-state index in [4.69, 9.17) is 9.47 Å². The second-order valence-corrected chi connectivity index (χ2v) is 9.03. The zero-order valence-corrected chi connectivity index (χ0v) is 20.8. The van der Waals surface area contributed by atoms with Gasteiger partial charge in [0.1, 0.15) is 23.1 Å². The van der Waals surface area contributed by atoms with Crippen LogP contribution in [-0.4, -0.2) is 18.9 Å². The molecule has 0 bridgehead atoms. The molecule has 38 heavy (non-hydrogen) atoms. The number of benzene rings is 4. The highest BCUT2D eigenvalue weighted by Crippen LogP contribution is 2.41. The summed E-state index contributed by atoms with van der Waals surface area (Å²) < 4.78 is 24.9. The zero-order chi connectivity index (χ0) is 26.5. The van der Waals surface area contributed by atoms with Crippen LogP contribution in [0.15, 0.2) is 103 Å². The molecule has 4 aromatic carbocycles. The first-order chi connectivity index (χ1) is 18.5. The van der Waals surface area contributed by atoms with Gasteiger partial charge in [0.2, 0.25) is 11.8 Å². The number of carbonyl (C=O) groups excluding carboxylic acids is 2. The van der Waals surface area contributed by atoms with E-state index in [-0.39, 0.29) is 24.1 Å². The summed E-state index contributed by atoms with van der Waals surface area (Å²) in [4.78, 5) is 28.4. The van der Waals surface area contributed by atoms with E-state index in [0.29, 0.717) is 34.9 Å². The number of piperidine rings is 1. The highest BCUT2D eigenvalue weighted by Gasteiger charge is 2.41. The van der Waals surface area contributed by atoms with Crippen LogP contribution in [0.3, 0.4) is 0 Å². The van der Waals surface area contributed by atoms with Crippen molar-refractivity contribution >= 4 is 23.2 Å². The molecule has 1 fully saturated rings. The van der Waals surface area contributed by atoms with Crippen LogP contribution < -0.4 is 19.7 Å². The van der Waals surface area contributed by atoms with Gasteiger partial charge >= 0.3 is 0 Å². The fourth-order valence-electron chi connectivity index (χ4n) is 4.72. The molecule has 0 radical (unpaired) electrons. The monoisotopic (exact) mass is 510 g/mol. The van der Waals surface area contributed by atoms with Crippen molar-refractivity contribution in [3.8, 4) is 17.2 Å². The molecule has 1 aliphatic heterocycles. The van der Waals surface area contributed by atoms with Crippen LogP contribution in [0, 0.1) is 11.7 Å². The lowest BCUT2D eigenvalue weighted by atomic mass is 9.83. The third-order valence-electron chi connectivity index (χ3n) is 6.60. The Morgan fingerprint density at radius 3 is 2.13 bits per heavy atom. The number of carbonyl (C=O) groups is 2. The molecule has 7 heteroatoms. The molecule has 1 saturated heterocycles. The first-order valence-electron chi connectivity index (χ1n) is 12.4. The molecular weight excluding hydrogens is 483 g/mol. The minimum atomic E-state index is -0.606. The van der Waals surface area contributed by atoms with Gasteiger partial charge in [-0.15, -0.1) is 0 Å². The number of anilines is 2. The van der Waals surface area contributed by atoms with E-state index in [1.807, 2.05) is 30.3 Å². The van der Waals surface area contributed by atoms with Crippen LogP contribution in [0.25, 0.3) is 0 Å². The first kappa shape index (κ1) is 25.0. The van der Waals surface area contributed by atoms with Crippen molar-refractivity contribution in [2.45, 2.75) is 18.9 Å². The molecule has 0 aromatic heterocycles. The Morgan fingerprint density at radius 2 is 1.47 bits per heavy atom. The van der Waals surface area contributed by atoms with Crippen molar-refractivity contribution in [3.63, 3.8) is 0 Å². The minimum absolute atomic E-state index is 0.101. The molecule has 5 rings (SSSR count). The van der Waals surface area contributed by atoms with E-state index in [1.165, 1.54) is 12.1 Å². The van der Waals surface area contributed by atoms with Gasteiger partial charge in [-0.05, 0) is 84.8 Å². The van der Waals surface area contributed by atoms with Crippen LogP contribution in [0.1, 0.15) is 24.4 Å². The summed E-state index contributed by atoms with van der Waals surface area (Å²) in [5.74, 6) is 0.763. The fourth-order valence-corrected chi connectivity index (χ4v) is 4.72. The number of para-hydroxylation sites is 1. The van der Waals surface area contributed by atoms with Crippen molar-refractivity contribution in [1.29, 1.82) is 0 Å². The number of methoxy groups -OCH3 is 1. The summed E-state index contributed by atoms with van der Waals surface area (Å²) in [6, 6.07) is 29.0. The molecule has 4 aromatic rings. The SMILES string of the molecule is COc1ccc(N2C(=O)CC[C@H](C(=O)Nc3ccc(Oc4ccccc4)cc3)[C@H]2c2ccc(F)cc2)cc1. The van der Waals surface area contributed by atoms with Crippen molar-refractivity contribution < 1.29 is 23.5 Å². The second kappa shape index (κ2) is 11.2. The summed E-state index contributed by atoms with van der Waals surface area (Å²) >= 11 is 0. The molecule has 0 aliphatic carbocycles. The summed E-state index contributed by atoms with van der Waals surface area (Å²) in [5.41, 5.74) is 1.94. The van der Waals surface area contributed by atoms with Gasteiger partial charge in [0.05, 0.1) is 19.1 Å². The second-order valence-electron chi connectivity index (χ2n) is 9.03. The molecule has 0 spiro atoms. The zero-order valence-electron chi connectivity index (χ0n) is 20.8. The summed E-state index contributed by atoms with van der Waals surface area (Å²) in [6.07, 6.45) is 0.584. The highest BCUT2D eigenvalue weighted by molar-refractivity contribution is 6.00. The van der Waals surface area contributed by atoms with Gasteiger partial charge in [-0.3, -0.25) is 9.59 Å². The molecule has 1 aliphatic rings. The number of hydrogen-bond donors (Lipinski definition) is 1.